The Morgan fingerprint density at radius 1 is 0.171 bits per heavy atom. The van der Waals surface area contributed by atoms with Crippen molar-refractivity contribution >= 4 is 0 Å². The minimum absolute atomic E-state index is 0. The van der Waals surface area contributed by atoms with Crippen LogP contribution in [0.4, 0.5) is 0 Å². The van der Waals surface area contributed by atoms with Gasteiger partial charge in [-0.1, -0.05) is 0 Å². The molecule has 41 heteroatoms. The summed E-state index contributed by atoms with van der Waals surface area (Å²) < 4.78 is 256. The molecule has 0 aromatic rings. The molecule has 0 bridgehead atoms. The van der Waals surface area contributed by atoms with E-state index in [0.717, 1.165) is 0 Å². The molecule has 0 unspecified atom stereocenters. The molecule has 0 aliphatic carbocycles. The van der Waals surface area contributed by atoms with Crippen molar-refractivity contribution in [2.24, 2.45) is 0 Å². The average Bonchev–Trinajstić information content (AvgIpc) is 2.16. The second kappa shape index (κ2) is 27.9. The Morgan fingerprint density at radius 2 is 0.171 bits per heavy atom. The van der Waals surface area contributed by atoms with E-state index in [4.69, 9.17) is 115 Å². The predicted molar refractivity (Wildman–Crippen MR) is 51.5 cm³/mol. The molecule has 19 N–H and O–H groups in total. The van der Waals surface area contributed by atoms with Crippen LogP contribution in [0.25, 0.3) is 0 Å². The number of hydrogen-bond acceptors (Lipinski definition) is 17. The van der Waals surface area contributed by atoms with Gasteiger partial charge in [0.05, 0.1) is 0 Å². The quantitative estimate of drug-likeness (QED) is 0.100. The third kappa shape index (κ3) is 24700. The molecular weight excluding hydrogens is 1290 g/mol. The van der Waals surface area contributed by atoms with Crippen molar-refractivity contribution in [1.29, 1.82) is 0 Å². The molecular formula is H19Mo8NO32. The number of rotatable bonds is 0. The van der Waals surface area contributed by atoms with Crippen LogP contribution in [0.15, 0.2) is 0 Å². The molecule has 0 fully saturated rings. The molecule has 0 aromatic carbocycles. The molecule has 0 aliphatic heterocycles. The zero-order valence-electron chi connectivity index (χ0n) is 17.7. The van der Waals surface area contributed by atoms with Gasteiger partial charge in [0, 0.05) is 0 Å². The summed E-state index contributed by atoms with van der Waals surface area (Å²) in [6.07, 6.45) is 0. The van der Waals surface area contributed by atoms with Crippen molar-refractivity contribution < 1.29 is 248 Å². The molecule has 0 aliphatic rings. The fourth-order valence-corrected chi connectivity index (χ4v) is 0. The first-order chi connectivity index (χ1) is 16.0. The molecule has 0 spiro atoms. The summed E-state index contributed by atoms with van der Waals surface area (Å²) >= 11 is -44.2. The summed E-state index contributed by atoms with van der Waals surface area (Å²) in [6, 6.07) is 0. The SMILES string of the molecule is N.[O]=[Mo](=[O])([OH])[OH].[O]=[Mo](=[O])([OH])[OH].[O]=[Mo](=[O])([OH])[OH].[O]=[Mo](=[O])([OH])[OH].[O]=[Mo](=[O])([OH])[OH].[O]=[Mo](=[O])([OH])[OH].[O]=[Mo](=[O])([OH])[OH].[O]=[Mo](=[O])([OH])[OH]. The first-order valence-corrected chi connectivity index (χ1v) is 33.1. The van der Waals surface area contributed by atoms with E-state index in [1.165, 1.54) is 0 Å². The van der Waals surface area contributed by atoms with E-state index in [9.17, 15) is 0 Å². The molecule has 0 atom stereocenters. The predicted octanol–water partition coefficient (Wildman–Crippen LogP) is -10.7. The van der Waals surface area contributed by atoms with E-state index < -0.39 is 134 Å². The van der Waals surface area contributed by atoms with Gasteiger partial charge in [0.25, 0.3) is 0 Å². The molecule has 264 valence electrons. The molecule has 0 saturated heterocycles. The van der Waals surface area contributed by atoms with Gasteiger partial charge >= 0.3 is 248 Å². The van der Waals surface area contributed by atoms with E-state index >= 15 is 0 Å². The van der Waals surface area contributed by atoms with Gasteiger partial charge in [0.2, 0.25) is 0 Å². The Labute approximate surface area is 251 Å². The molecule has 0 aromatic heterocycles. The van der Waals surface area contributed by atoms with Crippen molar-refractivity contribution in [2.75, 3.05) is 0 Å². The molecule has 33 nitrogen and oxygen atoms in total. The van der Waals surface area contributed by atoms with E-state index in [1.54, 1.807) is 0 Å². The third-order valence-corrected chi connectivity index (χ3v) is 0. The van der Waals surface area contributed by atoms with Crippen molar-refractivity contribution in [1.82, 2.24) is 6.15 Å². The Morgan fingerprint density at radius 3 is 0.171 bits per heavy atom. The van der Waals surface area contributed by atoms with Gasteiger partial charge in [0.15, 0.2) is 0 Å². The van der Waals surface area contributed by atoms with E-state index in [2.05, 4.69) is 0 Å². The minimum atomic E-state index is -5.52. The normalized spacial score (nSPS) is 11.3. The second-order valence-electron chi connectivity index (χ2n) is 3.58. The summed E-state index contributed by atoms with van der Waals surface area (Å²) in [7, 11) is 0. The summed E-state index contributed by atoms with van der Waals surface area (Å²) in [6.45, 7) is 0. The maximum absolute atomic E-state index is 8.85. The Bertz CT molecular complexity index is 1060. The van der Waals surface area contributed by atoms with Gasteiger partial charge < -0.3 is 6.15 Å². The van der Waals surface area contributed by atoms with E-state index in [-0.39, 0.29) is 6.15 Å². The third-order valence-electron chi connectivity index (χ3n) is 0. The Kier molecular flexibility index (Phi) is 44.4. The summed E-state index contributed by atoms with van der Waals surface area (Å²) in [4.78, 5) is 0. The molecule has 41 heavy (non-hydrogen) atoms. The molecule has 0 saturated carbocycles. The Hall–Kier alpha value is 1.63. The van der Waals surface area contributed by atoms with Gasteiger partial charge in [-0.15, -0.1) is 0 Å². The molecule has 0 amide bonds. The fourth-order valence-electron chi connectivity index (χ4n) is 0. The van der Waals surface area contributed by atoms with Crippen LogP contribution in [0.2, 0.25) is 0 Å². The molecule has 0 rings (SSSR count). The fraction of sp³-hybridized carbons (Fsp3) is 0. The van der Waals surface area contributed by atoms with Gasteiger partial charge in [-0.3, -0.25) is 0 Å². The van der Waals surface area contributed by atoms with Crippen LogP contribution in [0, 0.1) is 0 Å². The van der Waals surface area contributed by atoms with Crippen molar-refractivity contribution in [3.05, 3.63) is 0 Å². The summed E-state index contributed by atoms with van der Waals surface area (Å²) in [5.41, 5.74) is 0. The van der Waals surface area contributed by atoms with Crippen molar-refractivity contribution in [3.63, 3.8) is 0 Å². The van der Waals surface area contributed by atoms with Gasteiger partial charge in [-0.05, 0) is 0 Å². The van der Waals surface area contributed by atoms with Gasteiger partial charge in [0.1, 0.15) is 0 Å². The second-order valence-corrected chi connectivity index (χ2v) is 21.2. The van der Waals surface area contributed by atoms with Gasteiger partial charge in [-0.2, -0.15) is 0 Å². The molecule has 0 heterocycles. The Balaban J connectivity index is -0.0000000406. The first kappa shape index (κ1) is 65.3. The van der Waals surface area contributed by atoms with Crippen LogP contribution in [-0.4, -0.2) is 60.2 Å². The maximum atomic E-state index is 8.85. The zero-order valence-corrected chi connectivity index (χ0v) is 33.7. The van der Waals surface area contributed by atoms with E-state index in [1.807, 2.05) is 0 Å². The topological polar surface area (TPSA) is 632 Å². The first-order valence-electron chi connectivity index (χ1n) is 5.59. The van der Waals surface area contributed by atoms with Crippen LogP contribution < -0.4 is 6.15 Å². The van der Waals surface area contributed by atoms with Crippen LogP contribution in [0.5, 0.6) is 0 Å². The average molecular weight is 1310 g/mol. The summed E-state index contributed by atoms with van der Waals surface area (Å²) in [5, 5.41) is 0. The monoisotopic (exact) mass is 1330 g/mol. The van der Waals surface area contributed by atoms with Crippen molar-refractivity contribution in [2.45, 2.75) is 0 Å². The van der Waals surface area contributed by atoms with Crippen LogP contribution in [0.1, 0.15) is 0 Å². The zero-order chi connectivity index (χ0) is 36.0. The summed E-state index contributed by atoms with van der Waals surface area (Å²) in [5.74, 6) is 0. The van der Waals surface area contributed by atoms with Crippen LogP contribution in [0.3, 0.4) is 0 Å². The van der Waals surface area contributed by atoms with Gasteiger partial charge in [-0.25, -0.2) is 0 Å². The standard InChI is InChI=1S/8Mo.H3N.16H2O.16O/h;;;;;;;;1H3;16*1H2;;;;;;;;;;;;;;;;/q8*+2;;;;;;;;;;;;;;;;;;;;;;;;;;;;;;;;;/p-16. The van der Waals surface area contributed by atoms with E-state index in [0.29, 0.717) is 0 Å². The van der Waals surface area contributed by atoms with Crippen molar-refractivity contribution in [3.8, 4) is 0 Å². The molecule has 0 radical (unpaired) electrons. The van der Waals surface area contributed by atoms with Crippen LogP contribution in [-0.2, 0) is 188 Å². The van der Waals surface area contributed by atoms with Crippen LogP contribution >= 0.6 is 0 Å². The number of hydrogen-bond donors (Lipinski definition) is 17.